The fraction of sp³-hybridized carbons (Fsp3) is 0.600. The van der Waals surface area contributed by atoms with Gasteiger partial charge in [-0.3, -0.25) is 9.69 Å². The summed E-state index contributed by atoms with van der Waals surface area (Å²) in [6.07, 6.45) is 34.1. The van der Waals surface area contributed by atoms with Crippen LogP contribution in [0.3, 0.4) is 0 Å². The Kier molecular flexibility index (Phi) is 26.5. The van der Waals surface area contributed by atoms with Gasteiger partial charge in [-0.15, -0.1) is 0 Å². The topological polar surface area (TPSA) is 157 Å². The number of carbonyl (C=O) groups is 1. The molecule has 6 aromatic rings. The first kappa shape index (κ1) is 80.6. The van der Waals surface area contributed by atoms with E-state index in [0.29, 0.717) is 34.4 Å². The van der Waals surface area contributed by atoms with Gasteiger partial charge in [-0.1, -0.05) is 97.8 Å². The Morgan fingerprint density at radius 2 is 1.04 bits per heavy atom. The molecule has 6 bridgehead atoms. The third-order valence-corrected chi connectivity index (χ3v) is 29.7. The number of likely N-dealkylation sites (tertiary alicyclic amines) is 4. The second-order valence-electron chi connectivity index (χ2n) is 35.5. The molecule has 1 amide bonds. The summed E-state index contributed by atoms with van der Waals surface area (Å²) in [7, 11) is 5.21. The third-order valence-electron chi connectivity index (χ3n) is 29.2. The number of nitrogens with zero attached hydrogens (tertiary/aromatic N) is 6. The van der Waals surface area contributed by atoms with Crippen molar-refractivity contribution in [1.29, 1.82) is 5.26 Å². The van der Waals surface area contributed by atoms with Gasteiger partial charge < -0.3 is 50.4 Å². The molecule has 3 unspecified atom stereocenters. The van der Waals surface area contributed by atoms with E-state index in [0.717, 1.165) is 164 Å². The summed E-state index contributed by atoms with van der Waals surface area (Å²) < 4.78 is 17.0. The van der Waals surface area contributed by atoms with Gasteiger partial charge in [0.1, 0.15) is 17.2 Å². The Morgan fingerprint density at radius 3 is 1.57 bits per heavy atom. The molecular formula is C95H128Cl2N8O5. The van der Waals surface area contributed by atoms with Crippen molar-refractivity contribution in [2.24, 2.45) is 35.1 Å². The first-order valence-corrected chi connectivity index (χ1v) is 43.7. The average molecular weight is 1530 g/mol. The summed E-state index contributed by atoms with van der Waals surface area (Å²) in [5.74, 6) is 8.56. The predicted octanol–water partition coefficient (Wildman–Crippen LogP) is 19.7. The van der Waals surface area contributed by atoms with Crippen molar-refractivity contribution in [3.05, 3.63) is 170 Å². The summed E-state index contributed by atoms with van der Waals surface area (Å²) in [6, 6.07) is 46.2. The monoisotopic (exact) mass is 1530 g/mol. The van der Waals surface area contributed by atoms with Crippen LogP contribution in [0.25, 0.3) is 22.3 Å². The van der Waals surface area contributed by atoms with Gasteiger partial charge in [-0.25, -0.2) is 0 Å². The molecule has 7 aliphatic carbocycles. The molecule has 11 aliphatic rings. The molecule has 13 nitrogen and oxygen atoms in total. The maximum atomic E-state index is 12.7. The molecule has 110 heavy (non-hydrogen) atoms. The number of methoxy groups -OCH3 is 3. The lowest BCUT2D eigenvalue weighted by Crippen LogP contribution is -2.58. The molecule has 0 radical (unpaired) electrons. The van der Waals surface area contributed by atoms with Crippen LogP contribution in [0, 0.1) is 41.9 Å². The highest BCUT2D eigenvalue weighted by Crippen LogP contribution is 2.52. The van der Waals surface area contributed by atoms with Crippen molar-refractivity contribution in [1.82, 2.24) is 24.5 Å². The number of amides is 1. The summed E-state index contributed by atoms with van der Waals surface area (Å²) in [4.78, 5) is 25.4. The Morgan fingerprint density at radius 1 is 0.518 bits per heavy atom. The number of rotatable bonds is 16. The highest BCUT2D eigenvalue weighted by atomic mass is 35.5. The van der Waals surface area contributed by atoms with Crippen LogP contribution in [0.4, 0.5) is 0 Å². The van der Waals surface area contributed by atoms with Gasteiger partial charge in [0.25, 0.3) is 5.91 Å². The fourth-order valence-corrected chi connectivity index (χ4v) is 23.4. The number of aryl methyl sites for hydroxylation is 1. The van der Waals surface area contributed by atoms with Gasteiger partial charge in [0.05, 0.1) is 38.6 Å². The van der Waals surface area contributed by atoms with E-state index in [-0.39, 0.29) is 17.0 Å². The number of benzene rings is 6. The van der Waals surface area contributed by atoms with Crippen LogP contribution in [-0.4, -0.2) is 158 Å². The zero-order valence-corrected chi connectivity index (χ0v) is 68.7. The number of nitrogens with two attached hydrogens (primary N) is 2. The Bertz CT molecular complexity index is 4080. The number of carbonyl (C=O) groups excluding carboxylic acids is 1. The lowest BCUT2D eigenvalue weighted by molar-refractivity contribution is -0.0405. The molecule has 7 saturated carbocycles. The molecule has 11 fully saturated rings. The lowest BCUT2D eigenvalue weighted by atomic mass is 9.82. The van der Waals surface area contributed by atoms with Gasteiger partial charge in [0.2, 0.25) is 0 Å². The number of halogens is 2. The molecule has 592 valence electrons. The summed E-state index contributed by atoms with van der Waals surface area (Å²) in [5.41, 5.74) is 25.1. The lowest BCUT2D eigenvalue weighted by Gasteiger charge is -2.45. The summed E-state index contributed by atoms with van der Waals surface area (Å²) >= 11 is 12.4. The van der Waals surface area contributed by atoms with Crippen LogP contribution in [0.5, 0.6) is 17.2 Å². The quantitative estimate of drug-likeness (QED) is 0.0844. The minimum Gasteiger partial charge on any atom is -0.496 e. The van der Waals surface area contributed by atoms with Crippen molar-refractivity contribution >= 4 is 29.1 Å². The molecule has 5 N–H and O–H groups in total. The van der Waals surface area contributed by atoms with E-state index >= 15 is 0 Å². The smallest absolute Gasteiger partial charge is 0.253 e. The largest absolute Gasteiger partial charge is 0.496 e. The van der Waals surface area contributed by atoms with Crippen molar-refractivity contribution in [3.63, 3.8) is 0 Å². The second kappa shape index (κ2) is 36.2. The maximum Gasteiger partial charge on any atom is 0.253 e. The molecule has 4 aliphatic heterocycles. The number of ether oxygens (including phenoxy) is 3. The van der Waals surface area contributed by atoms with E-state index in [1.807, 2.05) is 73.3 Å². The SMILES string of the molecule is CCN(CC)C(=O)c1ccc(-c2ccc(OC)c(C3CCN([C@@H]4C[C@H]5CCC4C5)CC3)c2)cc1.COc1ccc(-c2cccc(C#N)c2)cc1C1CCN([C@@H]2C[C@H]3CCC2C3)CC1.COc1ccc(Cl)cc1C1(O)CCN(C2CCCCC2)CC1.Cc1ccc(Cl)cc1C1CCN(C2CCC[C@@]3(N)CC[C@@]2(N)C3)CC1. The van der Waals surface area contributed by atoms with Crippen LogP contribution in [0.2, 0.25) is 10.0 Å². The number of nitriles is 1. The number of fused-ring (bicyclic) bond motifs is 6. The molecule has 15 heteroatoms. The average Bonchev–Trinajstić information content (AvgIpc) is 1.58. The van der Waals surface area contributed by atoms with E-state index in [1.54, 1.807) is 21.3 Å². The molecule has 17 rings (SSSR count). The van der Waals surface area contributed by atoms with E-state index in [2.05, 4.69) is 99.3 Å². The van der Waals surface area contributed by atoms with Crippen molar-refractivity contribution in [3.8, 4) is 45.6 Å². The Labute approximate surface area is 669 Å². The van der Waals surface area contributed by atoms with Gasteiger partial charge in [0.15, 0.2) is 0 Å². The number of hydrogen-bond acceptors (Lipinski definition) is 12. The van der Waals surface area contributed by atoms with E-state index in [1.165, 1.54) is 194 Å². The zero-order chi connectivity index (χ0) is 76.7. The molecular weight excluding hydrogens is 1400 g/mol. The Hall–Kier alpha value is -6.02. The normalized spacial score (nSPS) is 28.0. The maximum absolute atomic E-state index is 12.7. The highest BCUT2D eigenvalue weighted by Gasteiger charge is 2.52. The number of piperidine rings is 4. The minimum absolute atomic E-state index is 0.0136. The van der Waals surface area contributed by atoms with Gasteiger partial charge in [-0.05, 0) is 366 Å². The third kappa shape index (κ3) is 18.4. The van der Waals surface area contributed by atoms with E-state index in [4.69, 9.17) is 48.9 Å². The number of aliphatic hydroxyl groups is 1. The van der Waals surface area contributed by atoms with E-state index < -0.39 is 5.60 Å². The van der Waals surface area contributed by atoms with Crippen molar-refractivity contribution < 1.29 is 24.1 Å². The molecule has 6 aromatic carbocycles. The van der Waals surface area contributed by atoms with Crippen molar-refractivity contribution in [2.75, 3.05) is 86.8 Å². The Balaban J connectivity index is 0.000000124. The first-order valence-electron chi connectivity index (χ1n) is 43.0. The van der Waals surface area contributed by atoms with Crippen LogP contribution < -0.4 is 25.7 Å². The van der Waals surface area contributed by atoms with Crippen LogP contribution >= 0.6 is 23.2 Å². The predicted molar refractivity (Wildman–Crippen MR) is 449 cm³/mol. The van der Waals surface area contributed by atoms with E-state index in [9.17, 15) is 15.2 Å². The second-order valence-corrected chi connectivity index (χ2v) is 36.3. The highest BCUT2D eigenvalue weighted by molar-refractivity contribution is 6.31. The van der Waals surface area contributed by atoms with Crippen LogP contribution in [0.1, 0.15) is 249 Å². The first-order chi connectivity index (χ1) is 53.4. The van der Waals surface area contributed by atoms with Crippen molar-refractivity contribution in [2.45, 2.75) is 253 Å². The zero-order valence-electron chi connectivity index (χ0n) is 67.2. The van der Waals surface area contributed by atoms with Gasteiger partial charge in [-0.2, -0.15) is 5.26 Å². The molecule has 0 aromatic heterocycles. The standard InChI is InChI=1S/C30H40N2O2.C26H30N2O.C21H32ClN3.C18H26ClNO2/c1-4-31(5-2)30(33)24-10-8-22(9-11-24)25-12-13-29(34-3)27(20-25)23-14-16-32(17-15-23)28-19-21-6-7-26(28)18-21;1-29-26-8-7-22(21-4-2-3-19(14-21)17-27)16-24(26)20-9-11-28(12-10-20)25-15-18-5-6-23(25)13-18;1-15-4-5-17(22)13-18(15)16-6-11-25(12-7-16)19-3-2-8-20(23)9-10-21(19,24)14-20;1-22-17-8-7-14(19)13-16(17)18(21)9-11-20(12-10-18)15-5-3-2-4-6-15/h8-13,20-21,23,26,28H,4-7,14-19H2,1-3H3;2-4,7-8,14,16,18,20,23,25H,5-6,9-13,15H2,1H3;4-5,13,16,19H,2-3,6-12,14,23-24H2,1H3;7-8,13,15,21H,2-6,9-12H2,1H3/t21-,26?,28+;18-,23?,25+;19?,20-,21-;/m001./s1. The molecule has 0 spiro atoms. The molecule has 4 heterocycles. The summed E-state index contributed by atoms with van der Waals surface area (Å²) in [6.45, 7) is 16.8. The fourth-order valence-electron chi connectivity index (χ4n) is 23.0. The molecule has 4 saturated heterocycles. The van der Waals surface area contributed by atoms with Crippen LogP contribution in [-0.2, 0) is 5.60 Å². The molecule has 9 atom stereocenters. The van der Waals surface area contributed by atoms with Crippen LogP contribution in [0.15, 0.2) is 121 Å². The summed E-state index contributed by atoms with van der Waals surface area (Å²) in [5, 5.41) is 21.9. The van der Waals surface area contributed by atoms with Gasteiger partial charge in [0, 0.05) is 82.6 Å². The van der Waals surface area contributed by atoms with Gasteiger partial charge >= 0.3 is 0 Å². The number of hydrogen-bond donors (Lipinski definition) is 3. The minimum atomic E-state index is -0.818.